The molecule has 0 saturated heterocycles. The fourth-order valence-corrected chi connectivity index (χ4v) is 2.44. The standard InChI is InChI=1S/C15H21N/c1-3-15-11-7-8-13(2)16(15)12-14-9-5-4-6-10-14/h4-7,9-11,13,15H,3,8,12H2,1-2H3/t13-,15-/m1/s1. The Morgan fingerprint density at radius 2 is 2.00 bits per heavy atom. The van der Waals surface area contributed by atoms with E-state index in [1.165, 1.54) is 18.4 Å². The Morgan fingerprint density at radius 3 is 2.69 bits per heavy atom. The summed E-state index contributed by atoms with van der Waals surface area (Å²) in [4.78, 5) is 2.61. The van der Waals surface area contributed by atoms with Gasteiger partial charge < -0.3 is 0 Å². The average Bonchev–Trinajstić information content (AvgIpc) is 2.33. The summed E-state index contributed by atoms with van der Waals surface area (Å²) in [5.41, 5.74) is 1.42. The maximum Gasteiger partial charge on any atom is 0.0282 e. The SMILES string of the molecule is CC[C@@H]1C=CC[C@@H](C)N1Cc1ccccc1. The van der Waals surface area contributed by atoms with Gasteiger partial charge in [-0.25, -0.2) is 0 Å². The zero-order valence-corrected chi connectivity index (χ0v) is 10.3. The molecule has 0 aromatic heterocycles. The van der Waals surface area contributed by atoms with E-state index in [4.69, 9.17) is 0 Å². The molecule has 1 heterocycles. The Kier molecular flexibility index (Phi) is 3.79. The third-order valence-corrected chi connectivity index (χ3v) is 3.45. The van der Waals surface area contributed by atoms with Crippen LogP contribution < -0.4 is 0 Å². The smallest absolute Gasteiger partial charge is 0.0282 e. The monoisotopic (exact) mass is 215 g/mol. The molecule has 0 bridgehead atoms. The molecule has 86 valence electrons. The van der Waals surface area contributed by atoms with Gasteiger partial charge in [-0.2, -0.15) is 0 Å². The van der Waals surface area contributed by atoms with Crippen LogP contribution in [0.25, 0.3) is 0 Å². The topological polar surface area (TPSA) is 3.24 Å². The summed E-state index contributed by atoms with van der Waals surface area (Å²) in [5, 5.41) is 0. The molecule has 1 aromatic carbocycles. The van der Waals surface area contributed by atoms with Gasteiger partial charge in [-0.15, -0.1) is 0 Å². The second-order valence-corrected chi connectivity index (χ2v) is 4.65. The molecule has 0 amide bonds. The van der Waals surface area contributed by atoms with Crippen LogP contribution in [0.3, 0.4) is 0 Å². The first-order valence-electron chi connectivity index (χ1n) is 6.27. The molecule has 0 fully saturated rings. The lowest BCUT2D eigenvalue weighted by Gasteiger charge is -2.37. The van der Waals surface area contributed by atoms with Crippen molar-refractivity contribution in [3.8, 4) is 0 Å². The summed E-state index contributed by atoms with van der Waals surface area (Å²) >= 11 is 0. The highest BCUT2D eigenvalue weighted by Gasteiger charge is 2.22. The molecule has 2 atom stereocenters. The van der Waals surface area contributed by atoms with Crippen molar-refractivity contribution in [2.45, 2.75) is 45.3 Å². The van der Waals surface area contributed by atoms with E-state index in [1.54, 1.807) is 0 Å². The van der Waals surface area contributed by atoms with E-state index in [9.17, 15) is 0 Å². The highest BCUT2D eigenvalue weighted by molar-refractivity contribution is 5.16. The predicted octanol–water partition coefficient (Wildman–Crippen LogP) is 3.62. The van der Waals surface area contributed by atoms with Crippen LogP contribution in [0.5, 0.6) is 0 Å². The van der Waals surface area contributed by atoms with Crippen molar-refractivity contribution in [2.75, 3.05) is 0 Å². The van der Waals surface area contributed by atoms with Gasteiger partial charge in [-0.1, -0.05) is 49.4 Å². The second kappa shape index (κ2) is 5.31. The van der Waals surface area contributed by atoms with Crippen molar-refractivity contribution in [3.63, 3.8) is 0 Å². The molecule has 1 heteroatoms. The highest BCUT2D eigenvalue weighted by atomic mass is 15.2. The zero-order valence-electron chi connectivity index (χ0n) is 10.3. The summed E-state index contributed by atoms with van der Waals surface area (Å²) in [5.74, 6) is 0. The third-order valence-electron chi connectivity index (χ3n) is 3.45. The fourth-order valence-electron chi connectivity index (χ4n) is 2.44. The van der Waals surface area contributed by atoms with Crippen LogP contribution >= 0.6 is 0 Å². The first-order chi connectivity index (χ1) is 7.81. The van der Waals surface area contributed by atoms with Crippen LogP contribution in [0, 0.1) is 0 Å². The summed E-state index contributed by atoms with van der Waals surface area (Å²) in [6.07, 6.45) is 7.08. The minimum atomic E-state index is 0.615. The minimum absolute atomic E-state index is 0.615. The van der Waals surface area contributed by atoms with Crippen LogP contribution in [-0.4, -0.2) is 17.0 Å². The molecule has 2 rings (SSSR count). The van der Waals surface area contributed by atoms with E-state index in [0.717, 1.165) is 6.54 Å². The Bertz CT molecular complexity index is 342. The molecule has 1 aliphatic heterocycles. The quantitative estimate of drug-likeness (QED) is 0.696. The third kappa shape index (κ3) is 2.53. The van der Waals surface area contributed by atoms with Crippen LogP contribution in [0.15, 0.2) is 42.5 Å². The Balaban J connectivity index is 2.10. The number of hydrogen-bond donors (Lipinski definition) is 0. The zero-order chi connectivity index (χ0) is 11.4. The lowest BCUT2D eigenvalue weighted by atomic mass is 10.0. The molecule has 1 aromatic rings. The normalized spacial score (nSPS) is 25.9. The van der Waals surface area contributed by atoms with Crippen molar-refractivity contribution in [1.82, 2.24) is 4.90 Å². The number of rotatable bonds is 3. The molecule has 16 heavy (non-hydrogen) atoms. The number of hydrogen-bond acceptors (Lipinski definition) is 1. The molecule has 0 unspecified atom stereocenters. The van der Waals surface area contributed by atoms with Gasteiger partial charge in [0.1, 0.15) is 0 Å². The molecule has 0 aliphatic carbocycles. The molecule has 0 saturated carbocycles. The van der Waals surface area contributed by atoms with E-state index < -0.39 is 0 Å². The molecular formula is C15H21N. The Hall–Kier alpha value is -1.08. The van der Waals surface area contributed by atoms with Crippen molar-refractivity contribution in [3.05, 3.63) is 48.0 Å². The van der Waals surface area contributed by atoms with Crippen LogP contribution in [0.2, 0.25) is 0 Å². The van der Waals surface area contributed by atoms with Gasteiger partial charge in [-0.3, -0.25) is 4.90 Å². The highest BCUT2D eigenvalue weighted by Crippen LogP contribution is 2.21. The fraction of sp³-hybridized carbons (Fsp3) is 0.467. The molecule has 0 spiro atoms. The van der Waals surface area contributed by atoms with E-state index in [2.05, 4.69) is 61.2 Å². The molecular weight excluding hydrogens is 194 g/mol. The van der Waals surface area contributed by atoms with E-state index in [-0.39, 0.29) is 0 Å². The summed E-state index contributed by atoms with van der Waals surface area (Å²) in [6, 6.07) is 12.1. The van der Waals surface area contributed by atoms with Crippen molar-refractivity contribution >= 4 is 0 Å². The summed E-state index contributed by atoms with van der Waals surface area (Å²) in [7, 11) is 0. The molecule has 0 radical (unpaired) electrons. The lowest BCUT2D eigenvalue weighted by molar-refractivity contribution is 0.148. The lowest BCUT2D eigenvalue weighted by Crippen LogP contribution is -2.41. The van der Waals surface area contributed by atoms with Gasteiger partial charge in [0, 0.05) is 18.6 Å². The van der Waals surface area contributed by atoms with Gasteiger partial charge in [0.05, 0.1) is 0 Å². The maximum absolute atomic E-state index is 2.61. The Morgan fingerprint density at radius 1 is 1.25 bits per heavy atom. The average molecular weight is 215 g/mol. The van der Waals surface area contributed by atoms with Crippen LogP contribution in [-0.2, 0) is 6.54 Å². The molecule has 0 N–H and O–H groups in total. The predicted molar refractivity (Wildman–Crippen MR) is 69.3 cm³/mol. The number of benzene rings is 1. The van der Waals surface area contributed by atoms with Gasteiger partial charge >= 0.3 is 0 Å². The van der Waals surface area contributed by atoms with Gasteiger partial charge in [-0.05, 0) is 25.3 Å². The first-order valence-corrected chi connectivity index (χ1v) is 6.27. The number of nitrogens with zero attached hydrogens (tertiary/aromatic N) is 1. The second-order valence-electron chi connectivity index (χ2n) is 4.65. The minimum Gasteiger partial charge on any atom is -0.290 e. The molecule has 1 aliphatic rings. The van der Waals surface area contributed by atoms with Crippen molar-refractivity contribution in [2.24, 2.45) is 0 Å². The van der Waals surface area contributed by atoms with Gasteiger partial charge in [0.15, 0.2) is 0 Å². The largest absolute Gasteiger partial charge is 0.290 e. The van der Waals surface area contributed by atoms with E-state index in [1.807, 2.05) is 0 Å². The Labute approximate surface area is 98.8 Å². The maximum atomic E-state index is 2.61. The van der Waals surface area contributed by atoms with Gasteiger partial charge in [0.2, 0.25) is 0 Å². The summed E-state index contributed by atoms with van der Waals surface area (Å²) < 4.78 is 0. The van der Waals surface area contributed by atoms with Crippen molar-refractivity contribution in [1.29, 1.82) is 0 Å². The molecule has 1 nitrogen and oxygen atoms in total. The van der Waals surface area contributed by atoms with Crippen LogP contribution in [0.1, 0.15) is 32.3 Å². The summed E-state index contributed by atoms with van der Waals surface area (Å²) in [6.45, 7) is 5.67. The van der Waals surface area contributed by atoms with Gasteiger partial charge in [0.25, 0.3) is 0 Å². The van der Waals surface area contributed by atoms with Crippen LogP contribution in [0.4, 0.5) is 0 Å². The van der Waals surface area contributed by atoms with E-state index >= 15 is 0 Å². The van der Waals surface area contributed by atoms with Crippen molar-refractivity contribution < 1.29 is 0 Å². The van der Waals surface area contributed by atoms with E-state index in [0.29, 0.717) is 12.1 Å². The first kappa shape index (κ1) is 11.4.